The van der Waals surface area contributed by atoms with Crippen LogP contribution >= 0.6 is 0 Å². The third-order valence-electron chi connectivity index (χ3n) is 5.45. The lowest BCUT2D eigenvalue weighted by Crippen LogP contribution is -2.26. The van der Waals surface area contributed by atoms with E-state index in [-0.39, 0.29) is 5.91 Å². The fraction of sp³-hybridized carbons (Fsp3) is 0.280. The molecule has 1 N–H and O–H groups in total. The number of carbonyl (C=O) groups is 1. The van der Waals surface area contributed by atoms with Crippen LogP contribution in [0.5, 0.6) is 5.75 Å². The standard InChI is InChI=1S/C25H27N3O3/c1-18-4-5-20(16-23(18)19-6-9-22(30-2)10-7-19)25(29)27-21-8-11-24(26-17-21)28-12-3-14-31-15-13-28/h4-11,16-17H,3,12-15H2,1-2H3,(H,27,29). The maximum atomic E-state index is 12.9. The van der Waals surface area contributed by atoms with Gasteiger partial charge in [0, 0.05) is 25.3 Å². The Morgan fingerprint density at radius 3 is 2.65 bits per heavy atom. The summed E-state index contributed by atoms with van der Waals surface area (Å²) in [4.78, 5) is 19.6. The molecule has 6 nitrogen and oxygen atoms in total. The van der Waals surface area contributed by atoms with E-state index >= 15 is 0 Å². The third kappa shape index (κ3) is 5.03. The Morgan fingerprint density at radius 2 is 1.90 bits per heavy atom. The third-order valence-corrected chi connectivity index (χ3v) is 5.45. The second-order valence-corrected chi connectivity index (χ2v) is 7.57. The summed E-state index contributed by atoms with van der Waals surface area (Å²) in [6, 6.07) is 17.4. The van der Waals surface area contributed by atoms with E-state index in [4.69, 9.17) is 9.47 Å². The number of methoxy groups -OCH3 is 1. The van der Waals surface area contributed by atoms with Gasteiger partial charge in [0.15, 0.2) is 0 Å². The molecule has 2 aromatic carbocycles. The van der Waals surface area contributed by atoms with E-state index in [0.29, 0.717) is 17.9 Å². The number of aryl methyl sites for hydroxylation is 1. The minimum absolute atomic E-state index is 0.160. The first-order chi connectivity index (χ1) is 15.1. The number of rotatable bonds is 5. The van der Waals surface area contributed by atoms with Crippen molar-refractivity contribution >= 4 is 17.4 Å². The van der Waals surface area contributed by atoms with Crippen molar-refractivity contribution in [3.8, 4) is 16.9 Å². The molecule has 2 heterocycles. The molecule has 1 amide bonds. The van der Waals surface area contributed by atoms with Crippen molar-refractivity contribution < 1.29 is 14.3 Å². The highest BCUT2D eigenvalue weighted by Gasteiger charge is 2.13. The molecule has 0 saturated carbocycles. The molecule has 1 saturated heterocycles. The minimum atomic E-state index is -0.160. The van der Waals surface area contributed by atoms with Gasteiger partial charge >= 0.3 is 0 Å². The Hall–Kier alpha value is -3.38. The molecule has 1 aliphatic rings. The molecule has 1 aliphatic heterocycles. The summed E-state index contributed by atoms with van der Waals surface area (Å²) in [7, 11) is 1.65. The van der Waals surface area contributed by atoms with Gasteiger partial charge in [0.25, 0.3) is 5.91 Å². The van der Waals surface area contributed by atoms with Gasteiger partial charge in [0.2, 0.25) is 0 Å². The molecule has 160 valence electrons. The monoisotopic (exact) mass is 417 g/mol. The van der Waals surface area contributed by atoms with Crippen molar-refractivity contribution in [1.82, 2.24) is 4.98 Å². The second kappa shape index (κ2) is 9.62. The van der Waals surface area contributed by atoms with Gasteiger partial charge < -0.3 is 19.7 Å². The van der Waals surface area contributed by atoms with E-state index in [1.54, 1.807) is 13.3 Å². The number of hydrogen-bond donors (Lipinski definition) is 1. The van der Waals surface area contributed by atoms with Crippen molar-refractivity contribution in [2.24, 2.45) is 0 Å². The van der Waals surface area contributed by atoms with Gasteiger partial charge in [-0.2, -0.15) is 0 Å². The van der Waals surface area contributed by atoms with Crippen LogP contribution in [0.4, 0.5) is 11.5 Å². The van der Waals surface area contributed by atoms with Crippen LogP contribution in [0.3, 0.4) is 0 Å². The van der Waals surface area contributed by atoms with E-state index in [2.05, 4.69) is 15.2 Å². The van der Waals surface area contributed by atoms with Crippen LogP contribution in [0.15, 0.2) is 60.8 Å². The number of anilines is 2. The average Bonchev–Trinajstić information content (AvgIpc) is 3.10. The number of carbonyl (C=O) groups excluding carboxylic acids is 1. The van der Waals surface area contributed by atoms with Crippen molar-refractivity contribution in [1.29, 1.82) is 0 Å². The SMILES string of the molecule is COc1ccc(-c2cc(C(=O)Nc3ccc(N4CCCOCC4)nc3)ccc2C)cc1. The van der Waals surface area contributed by atoms with Crippen LogP contribution in [0.1, 0.15) is 22.3 Å². The summed E-state index contributed by atoms with van der Waals surface area (Å²) in [6.07, 6.45) is 2.70. The number of nitrogens with zero attached hydrogens (tertiary/aromatic N) is 2. The number of ether oxygens (including phenoxy) is 2. The number of pyridine rings is 1. The molecule has 0 atom stereocenters. The number of hydrogen-bond acceptors (Lipinski definition) is 5. The summed E-state index contributed by atoms with van der Waals surface area (Å²) in [5.74, 6) is 1.55. The van der Waals surface area contributed by atoms with Crippen LogP contribution in [0.25, 0.3) is 11.1 Å². The average molecular weight is 418 g/mol. The number of amides is 1. The summed E-state index contributed by atoms with van der Waals surface area (Å²) >= 11 is 0. The lowest BCUT2D eigenvalue weighted by atomic mass is 9.98. The molecule has 1 fully saturated rings. The molecule has 0 bridgehead atoms. The quantitative estimate of drug-likeness (QED) is 0.660. The molecule has 0 radical (unpaired) electrons. The highest BCUT2D eigenvalue weighted by molar-refractivity contribution is 6.05. The van der Waals surface area contributed by atoms with E-state index in [0.717, 1.165) is 54.4 Å². The molecule has 1 aromatic heterocycles. The predicted molar refractivity (Wildman–Crippen MR) is 123 cm³/mol. The van der Waals surface area contributed by atoms with Gasteiger partial charge in [-0.25, -0.2) is 4.98 Å². The van der Waals surface area contributed by atoms with E-state index in [1.165, 1.54) is 0 Å². The minimum Gasteiger partial charge on any atom is -0.497 e. The molecule has 4 rings (SSSR count). The molecule has 0 spiro atoms. The zero-order valence-electron chi connectivity index (χ0n) is 17.9. The largest absolute Gasteiger partial charge is 0.497 e. The van der Waals surface area contributed by atoms with Crippen LogP contribution in [-0.4, -0.2) is 44.3 Å². The van der Waals surface area contributed by atoms with E-state index < -0.39 is 0 Å². The molecule has 6 heteroatoms. The maximum Gasteiger partial charge on any atom is 0.255 e. The lowest BCUT2D eigenvalue weighted by molar-refractivity contribution is 0.102. The predicted octanol–water partition coefficient (Wildman–Crippen LogP) is 4.54. The fourth-order valence-electron chi connectivity index (χ4n) is 3.67. The van der Waals surface area contributed by atoms with Gasteiger partial charge in [-0.15, -0.1) is 0 Å². The number of aromatic nitrogens is 1. The van der Waals surface area contributed by atoms with Gasteiger partial charge in [-0.1, -0.05) is 18.2 Å². The van der Waals surface area contributed by atoms with Crippen LogP contribution in [0, 0.1) is 6.92 Å². The summed E-state index contributed by atoms with van der Waals surface area (Å²) in [6.45, 7) is 5.30. The smallest absolute Gasteiger partial charge is 0.255 e. The number of benzene rings is 2. The first-order valence-electron chi connectivity index (χ1n) is 10.5. The highest BCUT2D eigenvalue weighted by atomic mass is 16.5. The number of nitrogens with one attached hydrogen (secondary N) is 1. The van der Waals surface area contributed by atoms with Crippen molar-refractivity contribution in [3.05, 3.63) is 71.9 Å². The van der Waals surface area contributed by atoms with Crippen LogP contribution < -0.4 is 15.0 Å². The highest BCUT2D eigenvalue weighted by Crippen LogP contribution is 2.27. The Labute approximate surface area is 182 Å². The van der Waals surface area contributed by atoms with Crippen LogP contribution in [-0.2, 0) is 4.74 Å². The molecule has 31 heavy (non-hydrogen) atoms. The maximum absolute atomic E-state index is 12.9. The van der Waals surface area contributed by atoms with Gasteiger partial charge in [-0.05, 0) is 66.4 Å². The lowest BCUT2D eigenvalue weighted by Gasteiger charge is -2.20. The molecular weight excluding hydrogens is 390 g/mol. The Kier molecular flexibility index (Phi) is 6.48. The second-order valence-electron chi connectivity index (χ2n) is 7.57. The summed E-state index contributed by atoms with van der Waals surface area (Å²) in [5.41, 5.74) is 4.44. The van der Waals surface area contributed by atoms with E-state index in [9.17, 15) is 4.79 Å². The van der Waals surface area contributed by atoms with Crippen molar-refractivity contribution in [2.45, 2.75) is 13.3 Å². The van der Waals surface area contributed by atoms with Gasteiger partial charge in [0.1, 0.15) is 11.6 Å². The Balaban J connectivity index is 1.48. The first kappa shape index (κ1) is 20.9. The van der Waals surface area contributed by atoms with Crippen molar-refractivity contribution in [2.75, 3.05) is 43.6 Å². The van der Waals surface area contributed by atoms with Crippen LogP contribution in [0.2, 0.25) is 0 Å². The van der Waals surface area contributed by atoms with Gasteiger partial charge in [0.05, 0.1) is 25.6 Å². The zero-order valence-corrected chi connectivity index (χ0v) is 17.9. The molecule has 0 unspecified atom stereocenters. The normalized spacial score (nSPS) is 14.1. The van der Waals surface area contributed by atoms with Crippen molar-refractivity contribution in [3.63, 3.8) is 0 Å². The van der Waals surface area contributed by atoms with E-state index in [1.807, 2.05) is 61.5 Å². The summed E-state index contributed by atoms with van der Waals surface area (Å²) < 4.78 is 10.7. The summed E-state index contributed by atoms with van der Waals surface area (Å²) in [5, 5.41) is 2.95. The topological polar surface area (TPSA) is 63.7 Å². The zero-order chi connectivity index (χ0) is 21.6. The van der Waals surface area contributed by atoms with Gasteiger partial charge in [-0.3, -0.25) is 4.79 Å². The first-order valence-corrected chi connectivity index (χ1v) is 10.5. The molecule has 0 aliphatic carbocycles. The fourth-order valence-corrected chi connectivity index (χ4v) is 3.67. The molecular formula is C25H27N3O3. The molecule has 3 aromatic rings. The Bertz CT molecular complexity index is 1020. The Morgan fingerprint density at radius 1 is 1.06 bits per heavy atom.